The van der Waals surface area contributed by atoms with Gasteiger partial charge in [-0.1, -0.05) is 60.3 Å². The van der Waals surface area contributed by atoms with Gasteiger partial charge in [-0.15, -0.1) is 11.8 Å². The third kappa shape index (κ3) is 5.18. The number of rotatable bonds is 7. The van der Waals surface area contributed by atoms with Crippen LogP contribution in [0.1, 0.15) is 11.3 Å². The van der Waals surface area contributed by atoms with Crippen molar-refractivity contribution in [3.8, 4) is 0 Å². The van der Waals surface area contributed by atoms with Crippen molar-refractivity contribution in [1.29, 1.82) is 0 Å². The average molecular weight is 493 g/mol. The van der Waals surface area contributed by atoms with E-state index in [1.165, 1.54) is 23.0 Å². The van der Waals surface area contributed by atoms with Crippen molar-refractivity contribution in [2.45, 2.75) is 29.4 Å². The van der Waals surface area contributed by atoms with E-state index in [1.54, 1.807) is 16.3 Å². The molecule has 0 radical (unpaired) electrons. The molecule has 34 heavy (non-hydrogen) atoms. The van der Waals surface area contributed by atoms with Gasteiger partial charge in [0, 0.05) is 50.6 Å². The van der Waals surface area contributed by atoms with Crippen LogP contribution >= 0.6 is 23.5 Å². The molecule has 0 atom stereocenters. The Morgan fingerprint density at radius 3 is 2.41 bits per heavy atom. The lowest BCUT2D eigenvalue weighted by molar-refractivity contribution is -0.128. The summed E-state index contributed by atoms with van der Waals surface area (Å²) in [5.41, 5.74) is 3.31. The number of amides is 1. The lowest BCUT2D eigenvalue weighted by Crippen LogP contribution is -2.49. The molecule has 2 aliphatic heterocycles. The summed E-state index contributed by atoms with van der Waals surface area (Å²) in [5.74, 6) is 1.31. The SMILES string of the molecule is O=C(CSc1nc2c(c(=O)n1CCc1ccccc1)SCC2)N1CCN(c2ccccc2)CC1. The maximum Gasteiger partial charge on any atom is 0.268 e. The van der Waals surface area contributed by atoms with E-state index in [0.717, 1.165) is 42.3 Å². The maximum atomic E-state index is 13.2. The molecule has 0 saturated carbocycles. The predicted molar refractivity (Wildman–Crippen MR) is 139 cm³/mol. The normalized spacial score (nSPS) is 15.4. The Bertz CT molecular complexity index is 1190. The summed E-state index contributed by atoms with van der Waals surface area (Å²) in [6.07, 6.45) is 1.58. The second-order valence-electron chi connectivity index (χ2n) is 8.45. The van der Waals surface area contributed by atoms with Gasteiger partial charge in [0.05, 0.1) is 16.3 Å². The van der Waals surface area contributed by atoms with Crippen LogP contribution in [0.25, 0.3) is 0 Å². The lowest BCUT2D eigenvalue weighted by atomic mass is 10.1. The number of thioether (sulfide) groups is 2. The van der Waals surface area contributed by atoms with E-state index < -0.39 is 0 Å². The minimum Gasteiger partial charge on any atom is -0.368 e. The van der Waals surface area contributed by atoms with Gasteiger partial charge in [0.15, 0.2) is 5.16 Å². The molecule has 1 saturated heterocycles. The Balaban J connectivity index is 1.24. The summed E-state index contributed by atoms with van der Waals surface area (Å²) >= 11 is 3.00. The van der Waals surface area contributed by atoms with Gasteiger partial charge in [0.25, 0.3) is 5.56 Å². The molecule has 8 heteroatoms. The molecule has 3 aromatic rings. The monoisotopic (exact) mass is 492 g/mol. The molecule has 1 amide bonds. The van der Waals surface area contributed by atoms with Gasteiger partial charge in [-0.05, 0) is 24.1 Å². The molecule has 0 spiro atoms. The smallest absolute Gasteiger partial charge is 0.268 e. The van der Waals surface area contributed by atoms with Crippen LogP contribution in [0.5, 0.6) is 0 Å². The molecule has 0 aliphatic carbocycles. The van der Waals surface area contributed by atoms with Crippen LogP contribution in [-0.2, 0) is 24.2 Å². The first-order valence-electron chi connectivity index (χ1n) is 11.7. The van der Waals surface area contributed by atoms with Gasteiger partial charge in [-0.25, -0.2) is 4.98 Å². The Hall–Kier alpha value is -2.71. The molecule has 3 heterocycles. The van der Waals surface area contributed by atoms with Crippen LogP contribution in [0.2, 0.25) is 0 Å². The van der Waals surface area contributed by atoms with Gasteiger partial charge in [-0.2, -0.15) is 0 Å². The number of aromatic nitrogens is 2. The quantitative estimate of drug-likeness (QED) is 0.371. The van der Waals surface area contributed by atoms with Crippen molar-refractivity contribution >= 4 is 35.1 Å². The van der Waals surface area contributed by atoms with Crippen molar-refractivity contribution in [2.24, 2.45) is 0 Å². The van der Waals surface area contributed by atoms with Crippen molar-refractivity contribution < 1.29 is 4.79 Å². The van der Waals surface area contributed by atoms with E-state index in [4.69, 9.17) is 4.98 Å². The summed E-state index contributed by atoms with van der Waals surface area (Å²) in [6, 6.07) is 20.5. The van der Waals surface area contributed by atoms with Gasteiger partial charge >= 0.3 is 0 Å². The van der Waals surface area contributed by atoms with Crippen LogP contribution in [0.15, 0.2) is 75.5 Å². The number of para-hydroxylation sites is 1. The highest BCUT2D eigenvalue weighted by Gasteiger charge is 2.24. The summed E-state index contributed by atoms with van der Waals surface area (Å²) in [7, 11) is 0. The number of carbonyl (C=O) groups excluding carboxylic acids is 1. The summed E-state index contributed by atoms with van der Waals surface area (Å²) < 4.78 is 1.77. The highest BCUT2D eigenvalue weighted by atomic mass is 32.2. The van der Waals surface area contributed by atoms with Crippen LogP contribution in [-0.4, -0.2) is 58.0 Å². The summed E-state index contributed by atoms with van der Waals surface area (Å²) in [6.45, 7) is 3.65. The van der Waals surface area contributed by atoms with E-state index in [0.29, 0.717) is 30.5 Å². The number of piperazine rings is 1. The number of fused-ring (bicyclic) bond motifs is 1. The fraction of sp³-hybridized carbons (Fsp3) is 0.346. The lowest BCUT2D eigenvalue weighted by Gasteiger charge is -2.36. The van der Waals surface area contributed by atoms with Gasteiger partial charge in [0.2, 0.25) is 5.91 Å². The van der Waals surface area contributed by atoms with Crippen molar-refractivity contribution in [3.05, 3.63) is 82.3 Å². The average Bonchev–Trinajstić information content (AvgIpc) is 3.37. The minimum atomic E-state index is 0.0369. The fourth-order valence-corrected chi connectivity index (χ4v) is 6.37. The molecule has 1 fully saturated rings. The number of hydrogen-bond acceptors (Lipinski definition) is 6. The van der Waals surface area contributed by atoms with E-state index in [-0.39, 0.29) is 11.5 Å². The van der Waals surface area contributed by atoms with E-state index in [2.05, 4.69) is 29.2 Å². The number of aryl methyl sites for hydroxylation is 2. The molecule has 2 aliphatic rings. The summed E-state index contributed by atoms with van der Waals surface area (Å²) in [5, 5.41) is 0.665. The highest BCUT2D eigenvalue weighted by molar-refractivity contribution is 8.00. The first-order valence-corrected chi connectivity index (χ1v) is 13.7. The van der Waals surface area contributed by atoms with Gasteiger partial charge in [0.1, 0.15) is 0 Å². The highest BCUT2D eigenvalue weighted by Crippen LogP contribution is 2.29. The maximum absolute atomic E-state index is 13.2. The number of carbonyl (C=O) groups is 1. The zero-order chi connectivity index (χ0) is 23.3. The van der Waals surface area contributed by atoms with Crippen molar-refractivity contribution in [2.75, 3.05) is 42.6 Å². The van der Waals surface area contributed by atoms with Crippen molar-refractivity contribution in [1.82, 2.24) is 14.5 Å². The van der Waals surface area contributed by atoms with Crippen LogP contribution in [0.4, 0.5) is 5.69 Å². The zero-order valence-electron chi connectivity index (χ0n) is 19.1. The fourth-order valence-electron chi connectivity index (χ4n) is 4.39. The summed E-state index contributed by atoms with van der Waals surface area (Å²) in [4.78, 5) is 36.0. The molecule has 0 N–H and O–H groups in total. The standard InChI is InChI=1S/C26H28N4O2S2/c31-23(29-16-14-28(15-17-29)21-9-5-2-6-10-21)19-34-26-27-22-12-18-33-24(22)25(32)30(26)13-11-20-7-3-1-4-8-20/h1-10H,11-19H2. The Morgan fingerprint density at radius 2 is 1.68 bits per heavy atom. The zero-order valence-corrected chi connectivity index (χ0v) is 20.7. The molecular formula is C26H28N4O2S2. The Morgan fingerprint density at radius 1 is 0.971 bits per heavy atom. The van der Waals surface area contributed by atoms with Gasteiger partial charge < -0.3 is 9.80 Å². The largest absolute Gasteiger partial charge is 0.368 e. The minimum absolute atomic E-state index is 0.0369. The second kappa shape index (κ2) is 10.7. The van der Waals surface area contributed by atoms with E-state index >= 15 is 0 Å². The van der Waals surface area contributed by atoms with Gasteiger partial charge in [-0.3, -0.25) is 14.2 Å². The molecule has 0 bridgehead atoms. The third-order valence-corrected chi connectivity index (χ3v) is 8.36. The number of hydrogen-bond donors (Lipinski definition) is 0. The molecule has 2 aromatic carbocycles. The second-order valence-corrected chi connectivity index (χ2v) is 10.5. The molecular weight excluding hydrogens is 464 g/mol. The molecule has 176 valence electrons. The van der Waals surface area contributed by atoms with Crippen LogP contribution < -0.4 is 10.5 Å². The molecule has 6 nitrogen and oxygen atoms in total. The van der Waals surface area contributed by atoms with Crippen molar-refractivity contribution in [3.63, 3.8) is 0 Å². The Kier molecular flexibility index (Phi) is 7.25. The van der Waals surface area contributed by atoms with Crippen LogP contribution in [0.3, 0.4) is 0 Å². The number of anilines is 1. The van der Waals surface area contributed by atoms with Crippen LogP contribution in [0, 0.1) is 0 Å². The molecule has 0 unspecified atom stereocenters. The van der Waals surface area contributed by atoms with E-state index in [9.17, 15) is 9.59 Å². The van der Waals surface area contributed by atoms with E-state index in [1.807, 2.05) is 41.3 Å². The molecule has 1 aromatic heterocycles. The first-order chi connectivity index (χ1) is 16.7. The third-order valence-electron chi connectivity index (χ3n) is 6.29. The first kappa shape index (κ1) is 23.1. The number of nitrogens with zero attached hydrogens (tertiary/aromatic N) is 4. The topological polar surface area (TPSA) is 58.4 Å². The number of benzene rings is 2. The molecule has 5 rings (SSSR count). The predicted octanol–water partition coefficient (Wildman–Crippen LogP) is 3.58. The Labute approximate surface area is 208 Å².